The molecule has 1 aliphatic heterocycles. The van der Waals surface area contributed by atoms with Crippen molar-refractivity contribution in [2.75, 3.05) is 13.2 Å². The number of aliphatic carboxylic acids is 1. The van der Waals surface area contributed by atoms with E-state index in [0.29, 0.717) is 55.3 Å². The van der Waals surface area contributed by atoms with Gasteiger partial charge in [-0.1, -0.05) is 91.9 Å². The van der Waals surface area contributed by atoms with Crippen LogP contribution in [0.4, 0.5) is 0 Å². The molecule has 1 N–H and O–H groups in total. The minimum Gasteiger partial charge on any atom is -0.490 e. The molecular weight excluding hydrogens is 516 g/mol. The van der Waals surface area contributed by atoms with Gasteiger partial charge in [-0.2, -0.15) is 0 Å². The maximum Gasteiger partial charge on any atom is 0.309 e. The van der Waals surface area contributed by atoms with Crippen LogP contribution in [0.3, 0.4) is 0 Å². The van der Waals surface area contributed by atoms with Crippen LogP contribution < -0.4 is 9.47 Å². The van der Waals surface area contributed by atoms with Crippen molar-refractivity contribution in [2.45, 2.75) is 136 Å². The predicted molar refractivity (Wildman–Crippen MR) is 163 cm³/mol. The lowest BCUT2D eigenvalue weighted by molar-refractivity contribution is -0.154. The van der Waals surface area contributed by atoms with Crippen LogP contribution >= 0.6 is 0 Å². The summed E-state index contributed by atoms with van der Waals surface area (Å²) >= 11 is 0. The summed E-state index contributed by atoms with van der Waals surface area (Å²) in [6.07, 6.45) is 15.6. The normalized spacial score (nSPS) is 25.3. The summed E-state index contributed by atoms with van der Waals surface area (Å²) in [6.45, 7) is 11.4. The van der Waals surface area contributed by atoms with Crippen molar-refractivity contribution >= 4 is 22.9 Å². The van der Waals surface area contributed by atoms with Crippen molar-refractivity contribution in [1.29, 1.82) is 0 Å². The van der Waals surface area contributed by atoms with Gasteiger partial charge in [-0.3, -0.25) is 14.2 Å². The van der Waals surface area contributed by atoms with Gasteiger partial charge in [0.1, 0.15) is 5.82 Å². The number of hydrogen-bond donors (Lipinski definition) is 1. The topological polar surface area (TPSA) is 90.7 Å². The number of nitrogens with zero attached hydrogens (tertiary/aromatic N) is 2. The number of imidazole rings is 1. The van der Waals surface area contributed by atoms with Crippen molar-refractivity contribution in [3.8, 4) is 11.5 Å². The van der Waals surface area contributed by atoms with Gasteiger partial charge < -0.3 is 14.6 Å². The summed E-state index contributed by atoms with van der Waals surface area (Å²) in [7, 11) is 0. The van der Waals surface area contributed by atoms with E-state index in [1.54, 1.807) is 11.5 Å². The Kier molecular flexibility index (Phi) is 10.1. The summed E-state index contributed by atoms with van der Waals surface area (Å²) < 4.78 is 14.4. The van der Waals surface area contributed by atoms with Crippen LogP contribution in [0, 0.1) is 10.8 Å². The number of unbranched alkanes of at least 4 members (excludes halogenated alkanes) is 10. The van der Waals surface area contributed by atoms with E-state index in [1.165, 1.54) is 51.4 Å². The maximum atomic E-state index is 14.0. The fraction of sp³-hybridized carbons (Fsp3) is 0.735. The first-order chi connectivity index (χ1) is 19.6. The zero-order valence-corrected chi connectivity index (χ0v) is 26.2. The minimum atomic E-state index is -0.975. The highest BCUT2D eigenvalue weighted by Crippen LogP contribution is 2.59. The van der Waals surface area contributed by atoms with E-state index >= 15 is 0 Å². The first-order valence-corrected chi connectivity index (χ1v) is 16.2. The number of carboxylic acid groups (broad SMARTS) is 1. The standard InChI is InChI=1S/C34H52N2O5/c1-6-8-10-12-14-16-18-40-27-20-25-26(21-28(27)41-19-17-15-13-11-9-7-2)36-29(35-25)32(3)22-33(4,30(36)37)24-34(5,23-32)31(38)39/h20-21H,6-19,22-24H2,1-5H3,(H,38,39)/t32-,33+,34-/m0/s1. The van der Waals surface area contributed by atoms with Crippen molar-refractivity contribution < 1.29 is 24.2 Å². The second-order valence-corrected chi connectivity index (χ2v) is 13.6. The smallest absolute Gasteiger partial charge is 0.309 e. The molecule has 1 saturated carbocycles. The molecule has 1 aliphatic carbocycles. The Bertz CT molecular complexity index is 1220. The fourth-order valence-corrected chi connectivity index (χ4v) is 7.55. The molecule has 2 heterocycles. The van der Waals surface area contributed by atoms with Crippen molar-refractivity contribution in [3.05, 3.63) is 18.0 Å². The zero-order valence-electron chi connectivity index (χ0n) is 26.2. The van der Waals surface area contributed by atoms with Gasteiger partial charge in [-0.15, -0.1) is 0 Å². The van der Waals surface area contributed by atoms with Crippen LogP contribution in [-0.4, -0.2) is 39.7 Å². The first-order valence-electron chi connectivity index (χ1n) is 16.2. The molecule has 1 fully saturated rings. The van der Waals surface area contributed by atoms with Gasteiger partial charge in [0.25, 0.3) is 0 Å². The van der Waals surface area contributed by atoms with E-state index < -0.39 is 22.2 Å². The number of ether oxygens (including phenoxy) is 2. The zero-order chi connectivity index (χ0) is 29.7. The molecule has 2 aliphatic rings. The molecule has 1 aromatic heterocycles. The van der Waals surface area contributed by atoms with E-state index in [-0.39, 0.29) is 5.91 Å². The molecule has 7 nitrogen and oxygen atoms in total. The number of carbonyl (C=O) groups is 2. The van der Waals surface area contributed by atoms with Crippen molar-refractivity contribution in [1.82, 2.24) is 9.55 Å². The average molecular weight is 569 g/mol. The molecule has 0 radical (unpaired) electrons. The third-order valence-electron chi connectivity index (χ3n) is 9.35. The highest BCUT2D eigenvalue weighted by Gasteiger charge is 2.60. The maximum absolute atomic E-state index is 14.0. The molecular formula is C34H52N2O5. The van der Waals surface area contributed by atoms with Gasteiger partial charge >= 0.3 is 5.97 Å². The Morgan fingerprint density at radius 3 is 1.88 bits per heavy atom. The molecule has 41 heavy (non-hydrogen) atoms. The number of hydrogen-bond acceptors (Lipinski definition) is 5. The second kappa shape index (κ2) is 13.2. The third kappa shape index (κ3) is 6.75. The molecule has 0 unspecified atom stereocenters. The quantitative estimate of drug-likeness (QED) is 0.192. The lowest BCUT2D eigenvalue weighted by Gasteiger charge is -2.53. The molecule has 0 saturated heterocycles. The average Bonchev–Trinajstić information content (AvgIpc) is 3.29. The summed E-state index contributed by atoms with van der Waals surface area (Å²) in [6, 6.07) is 3.86. The van der Waals surface area contributed by atoms with Gasteiger partial charge in [0.05, 0.1) is 29.7 Å². The highest BCUT2D eigenvalue weighted by molar-refractivity contribution is 5.97. The molecule has 7 heteroatoms. The number of fused-ring (bicyclic) bond motifs is 6. The van der Waals surface area contributed by atoms with Crippen LogP contribution in [-0.2, 0) is 10.2 Å². The van der Waals surface area contributed by atoms with E-state index in [2.05, 4.69) is 20.8 Å². The van der Waals surface area contributed by atoms with Gasteiger partial charge in [-0.25, -0.2) is 4.98 Å². The number of carbonyl (C=O) groups excluding carboxylic acids is 1. The molecule has 1 aromatic carbocycles. The lowest BCUT2D eigenvalue weighted by Crippen LogP contribution is -2.56. The van der Waals surface area contributed by atoms with Gasteiger partial charge in [0.2, 0.25) is 5.91 Å². The van der Waals surface area contributed by atoms with Gasteiger partial charge in [0.15, 0.2) is 11.5 Å². The highest BCUT2D eigenvalue weighted by atomic mass is 16.5. The predicted octanol–water partition coefficient (Wildman–Crippen LogP) is 8.71. The Labute approximate surface area is 246 Å². The van der Waals surface area contributed by atoms with E-state index in [1.807, 2.05) is 19.1 Å². The van der Waals surface area contributed by atoms with Crippen LogP contribution in [0.1, 0.15) is 142 Å². The van der Waals surface area contributed by atoms with Crippen LogP contribution in [0.2, 0.25) is 0 Å². The number of aromatic nitrogens is 2. The summed E-state index contributed by atoms with van der Waals surface area (Å²) in [5.74, 6) is 1.09. The first kappa shape index (κ1) is 31.4. The Balaban J connectivity index is 1.61. The van der Waals surface area contributed by atoms with Crippen LogP contribution in [0.5, 0.6) is 11.5 Å². The molecule has 0 amide bonds. The lowest BCUT2D eigenvalue weighted by atomic mass is 9.52. The summed E-state index contributed by atoms with van der Waals surface area (Å²) in [4.78, 5) is 31.3. The van der Waals surface area contributed by atoms with Crippen LogP contribution in [0.15, 0.2) is 12.1 Å². The van der Waals surface area contributed by atoms with Crippen molar-refractivity contribution in [3.63, 3.8) is 0 Å². The molecule has 0 spiro atoms. The van der Waals surface area contributed by atoms with E-state index in [4.69, 9.17) is 14.5 Å². The summed E-state index contributed by atoms with van der Waals surface area (Å²) in [5.41, 5.74) is -0.838. The minimum absolute atomic E-state index is 0.0673. The number of rotatable bonds is 17. The van der Waals surface area contributed by atoms with Crippen molar-refractivity contribution in [2.24, 2.45) is 10.8 Å². The Morgan fingerprint density at radius 1 is 0.805 bits per heavy atom. The Hall–Kier alpha value is -2.57. The summed E-state index contributed by atoms with van der Waals surface area (Å²) in [5, 5.41) is 10.1. The molecule has 3 atom stereocenters. The van der Waals surface area contributed by atoms with Gasteiger partial charge in [0, 0.05) is 23.0 Å². The third-order valence-corrected chi connectivity index (χ3v) is 9.35. The van der Waals surface area contributed by atoms with E-state index in [0.717, 1.165) is 31.2 Å². The monoisotopic (exact) mass is 568 g/mol. The van der Waals surface area contributed by atoms with Crippen LogP contribution in [0.25, 0.3) is 11.0 Å². The number of carboxylic acids is 1. The molecule has 228 valence electrons. The van der Waals surface area contributed by atoms with Gasteiger partial charge in [-0.05, 0) is 39.0 Å². The molecule has 2 aromatic rings. The Morgan fingerprint density at radius 2 is 1.32 bits per heavy atom. The number of benzene rings is 1. The van der Waals surface area contributed by atoms with E-state index in [9.17, 15) is 14.7 Å². The SMILES string of the molecule is CCCCCCCCOc1cc2nc3n(c2cc1OCCCCCCCC)C(=O)[C@@]1(C)C[C@@](C)(C(=O)O)C[C@]3(C)C1. The fourth-order valence-electron chi connectivity index (χ4n) is 7.55. The largest absolute Gasteiger partial charge is 0.490 e. The second-order valence-electron chi connectivity index (χ2n) is 13.6. The molecule has 4 rings (SSSR count). The molecule has 2 bridgehead atoms.